The molecule has 1 aromatic heterocycles. The van der Waals surface area contributed by atoms with Gasteiger partial charge in [0.25, 0.3) is 5.91 Å². The molecule has 2 aromatic carbocycles. The SMILES string of the molecule is CS(=O)(=O)Nc1cc(NC(=O)c2c[nH]c3ccccc3c2=O)cc(C(F)(F)F)c1. The molecule has 29 heavy (non-hydrogen) atoms. The minimum Gasteiger partial charge on any atom is -0.360 e. The van der Waals surface area contributed by atoms with Gasteiger partial charge in [0.05, 0.1) is 17.5 Å². The average molecular weight is 425 g/mol. The first-order valence-corrected chi connectivity index (χ1v) is 9.95. The normalized spacial score (nSPS) is 12.0. The molecule has 3 N–H and O–H groups in total. The van der Waals surface area contributed by atoms with E-state index in [-0.39, 0.29) is 22.3 Å². The predicted molar refractivity (Wildman–Crippen MR) is 102 cm³/mol. The molecule has 0 aliphatic rings. The quantitative estimate of drug-likeness (QED) is 0.597. The van der Waals surface area contributed by atoms with Crippen LogP contribution in [0.1, 0.15) is 15.9 Å². The van der Waals surface area contributed by atoms with Crippen molar-refractivity contribution in [3.8, 4) is 0 Å². The van der Waals surface area contributed by atoms with Crippen molar-refractivity contribution in [1.82, 2.24) is 4.98 Å². The van der Waals surface area contributed by atoms with Crippen LogP contribution < -0.4 is 15.5 Å². The van der Waals surface area contributed by atoms with E-state index in [0.717, 1.165) is 18.5 Å². The predicted octanol–water partition coefficient (Wildman–Crippen LogP) is 3.17. The highest BCUT2D eigenvalue weighted by Gasteiger charge is 2.31. The summed E-state index contributed by atoms with van der Waals surface area (Å²) >= 11 is 0. The minimum atomic E-state index is -4.78. The number of sulfonamides is 1. The third-order valence-electron chi connectivity index (χ3n) is 3.85. The molecule has 0 radical (unpaired) electrons. The lowest BCUT2D eigenvalue weighted by molar-refractivity contribution is -0.137. The van der Waals surface area contributed by atoms with Crippen LogP contribution in [-0.2, 0) is 16.2 Å². The molecular weight excluding hydrogens is 411 g/mol. The molecule has 0 spiro atoms. The Morgan fingerprint density at radius 3 is 2.38 bits per heavy atom. The standard InChI is InChI=1S/C18H14F3N3O4S/c1-29(27,28)24-12-7-10(18(19,20)21)6-11(8-12)23-17(26)14-9-22-15-5-3-2-4-13(15)16(14)25/h2-9,24H,1H3,(H,22,25)(H,23,26). The van der Waals surface area contributed by atoms with Crippen molar-refractivity contribution in [2.24, 2.45) is 0 Å². The Bertz CT molecular complexity index is 1270. The van der Waals surface area contributed by atoms with Crippen LogP contribution in [0.25, 0.3) is 10.9 Å². The second-order valence-corrected chi connectivity index (χ2v) is 7.95. The van der Waals surface area contributed by atoms with Crippen molar-refractivity contribution in [3.63, 3.8) is 0 Å². The number of aromatic amines is 1. The fraction of sp³-hybridized carbons (Fsp3) is 0.111. The van der Waals surface area contributed by atoms with Crippen LogP contribution in [0.5, 0.6) is 0 Å². The number of pyridine rings is 1. The van der Waals surface area contributed by atoms with Gasteiger partial charge in [-0.1, -0.05) is 12.1 Å². The first-order chi connectivity index (χ1) is 13.4. The number of fused-ring (bicyclic) bond motifs is 1. The maximum Gasteiger partial charge on any atom is 0.416 e. The smallest absolute Gasteiger partial charge is 0.360 e. The van der Waals surface area contributed by atoms with E-state index < -0.39 is 33.1 Å². The number of benzene rings is 2. The van der Waals surface area contributed by atoms with Gasteiger partial charge in [-0.05, 0) is 30.3 Å². The highest BCUT2D eigenvalue weighted by atomic mass is 32.2. The van der Waals surface area contributed by atoms with Gasteiger partial charge >= 0.3 is 6.18 Å². The van der Waals surface area contributed by atoms with Crippen LogP contribution in [0.2, 0.25) is 0 Å². The van der Waals surface area contributed by atoms with Gasteiger partial charge in [0.1, 0.15) is 5.56 Å². The number of rotatable bonds is 4. The number of H-pyrrole nitrogens is 1. The van der Waals surface area contributed by atoms with Crippen molar-refractivity contribution in [2.75, 3.05) is 16.3 Å². The largest absolute Gasteiger partial charge is 0.416 e. The number of nitrogens with one attached hydrogen (secondary N) is 3. The van der Waals surface area contributed by atoms with Crippen molar-refractivity contribution in [1.29, 1.82) is 0 Å². The molecule has 3 aromatic rings. The van der Waals surface area contributed by atoms with Crippen molar-refractivity contribution >= 4 is 38.2 Å². The highest BCUT2D eigenvalue weighted by Crippen LogP contribution is 2.33. The summed E-state index contributed by atoms with van der Waals surface area (Å²) < 4.78 is 64.1. The van der Waals surface area contributed by atoms with Crippen LogP contribution in [0.15, 0.2) is 53.5 Å². The van der Waals surface area contributed by atoms with Crippen LogP contribution in [0.3, 0.4) is 0 Å². The lowest BCUT2D eigenvalue weighted by Gasteiger charge is -2.13. The summed E-state index contributed by atoms with van der Waals surface area (Å²) in [6.45, 7) is 0. The zero-order valence-corrected chi connectivity index (χ0v) is 15.6. The topological polar surface area (TPSA) is 108 Å². The molecule has 152 valence electrons. The van der Waals surface area contributed by atoms with E-state index >= 15 is 0 Å². The number of hydrogen-bond acceptors (Lipinski definition) is 4. The van der Waals surface area contributed by atoms with E-state index in [1.54, 1.807) is 18.2 Å². The Morgan fingerprint density at radius 1 is 1.07 bits per heavy atom. The van der Waals surface area contributed by atoms with Crippen molar-refractivity contribution in [3.05, 3.63) is 70.0 Å². The monoisotopic (exact) mass is 425 g/mol. The highest BCUT2D eigenvalue weighted by molar-refractivity contribution is 7.92. The van der Waals surface area contributed by atoms with E-state index in [4.69, 9.17) is 0 Å². The van der Waals surface area contributed by atoms with E-state index in [1.807, 2.05) is 4.72 Å². The Hall–Kier alpha value is -3.34. The molecule has 7 nitrogen and oxygen atoms in total. The van der Waals surface area contributed by atoms with Crippen LogP contribution in [0, 0.1) is 0 Å². The molecule has 1 heterocycles. The van der Waals surface area contributed by atoms with Gasteiger partial charge in [0, 0.05) is 22.8 Å². The Morgan fingerprint density at radius 2 is 1.72 bits per heavy atom. The second-order valence-electron chi connectivity index (χ2n) is 6.20. The van der Waals surface area contributed by atoms with Crippen LogP contribution in [-0.4, -0.2) is 25.6 Å². The second kappa shape index (κ2) is 7.24. The van der Waals surface area contributed by atoms with Gasteiger partial charge in [-0.15, -0.1) is 0 Å². The maximum absolute atomic E-state index is 13.1. The van der Waals surface area contributed by atoms with Crippen LogP contribution in [0.4, 0.5) is 24.5 Å². The van der Waals surface area contributed by atoms with E-state index in [2.05, 4.69) is 10.3 Å². The van der Waals surface area contributed by atoms with Crippen molar-refractivity contribution < 1.29 is 26.4 Å². The number of carbonyl (C=O) groups excluding carboxylic acids is 1. The summed E-state index contributed by atoms with van der Waals surface area (Å²) in [6.07, 6.45) is -2.85. The zero-order chi connectivity index (χ0) is 21.4. The van der Waals surface area contributed by atoms with Crippen molar-refractivity contribution in [2.45, 2.75) is 6.18 Å². The Labute approximate surface area is 162 Å². The summed E-state index contributed by atoms with van der Waals surface area (Å²) in [5, 5.41) is 2.45. The van der Waals surface area contributed by atoms with E-state index in [1.165, 1.54) is 6.07 Å². The van der Waals surface area contributed by atoms with Crippen LogP contribution >= 0.6 is 0 Å². The zero-order valence-electron chi connectivity index (χ0n) is 14.8. The number of amides is 1. The molecule has 0 fully saturated rings. The number of halogens is 3. The summed E-state index contributed by atoms with van der Waals surface area (Å²) in [4.78, 5) is 27.7. The molecule has 3 rings (SSSR count). The third kappa shape index (κ3) is 4.74. The van der Waals surface area contributed by atoms with Gasteiger partial charge < -0.3 is 10.3 Å². The molecule has 1 amide bonds. The first-order valence-electron chi connectivity index (χ1n) is 8.06. The number of anilines is 2. The van der Waals surface area contributed by atoms with E-state index in [0.29, 0.717) is 17.6 Å². The molecule has 0 aliphatic heterocycles. The van der Waals surface area contributed by atoms with Gasteiger partial charge in [-0.2, -0.15) is 13.2 Å². The maximum atomic E-state index is 13.1. The molecular formula is C18H14F3N3O4S. The summed E-state index contributed by atoms with van der Waals surface area (Å²) in [7, 11) is -3.85. The molecule has 0 saturated carbocycles. The van der Waals surface area contributed by atoms with Gasteiger partial charge in [0.2, 0.25) is 15.5 Å². The summed E-state index contributed by atoms with van der Waals surface area (Å²) in [6, 6.07) is 8.69. The lowest BCUT2D eigenvalue weighted by atomic mass is 10.1. The molecule has 0 unspecified atom stereocenters. The summed E-state index contributed by atoms with van der Waals surface area (Å²) in [5.74, 6) is -0.943. The number of hydrogen-bond donors (Lipinski definition) is 3. The number of carbonyl (C=O) groups is 1. The fourth-order valence-electron chi connectivity index (χ4n) is 2.67. The molecule has 11 heteroatoms. The van der Waals surface area contributed by atoms with Gasteiger partial charge in [-0.25, -0.2) is 8.42 Å². The average Bonchev–Trinajstić information content (AvgIpc) is 2.59. The minimum absolute atomic E-state index is 0.239. The number of alkyl halides is 3. The molecule has 0 atom stereocenters. The molecule has 0 aliphatic carbocycles. The number of aromatic nitrogens is 1. The Kier molecular flexibility index (Phi) is 5.09. The third-order valence-corrected chi connectivity index (χ3v) is 4.46. The lowest BCUT2D eigenvalue weighted by Crippen LogP contribution is -2.22. The van der Waals surface area contributed by atoms with E-state index in [9.17, 15) is 31.2 Å². The fourth-order valence-corrected chi connectivity index (χ4v) is 3.22. The Balaban J connectivity index is 2.01. The van der Waals surface area contributed by atoms with Gasteiger partial charge in [0.15, 0.2) is 0 Å². The first kappa shape index (κ1) is 20.4. The summed E-state index contributed by atoms with van der Waals surface area (Å²) in [5.41, 5.74) is -2.30. The molecule has 0 bridgehead atoms. The van der Waals surface area contributed by atoms with Gasteiger partial charge in [-0.3, -0.25) is 14.3 Å². The number of para-hydroxylation sites is 1. The molecule has 0 saturated heterocycles.